The first-order chi connectivity index (χ1) is 63.4. The van der Waals surface area contributed by atoms with Crippen molar-refractivity contribution in [3.63, 3.8) is 0 Å². The maximum atomic E-state index is 16.1. The van der Waals surface area contributed by atoms with Gasteiger partial charge in [0, 0.05) is 67.1 Å². The van der Waals surface area contributed by atoms with Crippen molar-refractivity contribution in [2.75, 3.05) is 20.2 Å². The molecule has 0 spiro atoms. The van der Waals surface area contributed by atoms with Crippen LogP contribution in [0.4, 0.5) is 0 Å². The molecule has 2 saturated carbocycles. The van der Waals surface area contributed by atoms with Gasteiger partial charge in [-0.05, 0) is 121 Å². The van der Waals surface area contributed by atoms with Gasteiger partial charge in [-0.1, -0.05) is 161 Å². The monoisotopic (exact) mass is 1850 g/mol. The summed E-state index contributed by atoms with van der Waals surface area (Å²) in [5.74, 6) is -14.8. The largest absolute Gasteiger partial charge is 0.508 e. The van der Waals surface area contributed by atoms with Gasteiger partial charge in [-0.15, -0.1) is 0 Å². The van der Waals surface area contributed by atoms with Crippen molar-refractivity contribution >= 4 is 58.9 Å². The zero-order valence-corrected chi connectivity index (χ0v) is 74.4. The maximum Gasteiger partial charge on any atom is 0.330 e. The number of benzene rings is 8. The number of nitrogens with one attached hydrogen (secondary N) is 8. The summed E-state index contributed by atoms with van der Waals surface area (Å²) < 4.78 is 54.2. The lowest BCUT2D eigenvalue weighted by Gasteiger charge is -2.60. The lowest BCUT2D eigenvalue weighted by Crippen LogP contribution is -2.80. The Morgan fingerprint density at radius 2 is 1.22 bits per heavy atom. The van der Waals surface area contributed by atoms with E-state index in [0.29, 0.717) is 6.54 Å². The first-order valence-corrected chi connectivity index (χ1v) is 44.2. The van der Waals surface area contributed by atoms with E-state index in [1.165, 1.54) is 60.7 Å². The van der Waals surface area contributed by atoms with Crippen LogP contribution in [0.1, 0.15) is 130 Å². The highest BCUT2D eigenvalue weighted by molar-refractivity contribution is 6.32. The van der Waals surface area contributed by atoms with E-state index in [0.717, 1.165) is 47.0 Å². The van der Waals surface area contributed by atoms with Crippen molar-refractivity contribution in [3.8, 4) is 57.1 Å². The normalized spacial score (nSPS) is 30.7. The minimum atomic E-state index is -2.28. The van der Waals surface area contributed by atoms with Gasteiger partial charge in [-0.2, -0.15) is 0 Å². The number of ether oxygens (including phenoxy) is 8. The highest BCUT2D eigenvalue weighted by atomic mass is 35.5. The van der Waals surface area contributed by atoms with E-state index in [9.17, 15) is 70.2 Å². The summed E-state index contributed by atoms with van der Waals surface area (Å²) in [6.45, 7) is 9.63. The lowest BCUT2D eigenvalue weighted by atomic mass is 9.54. The number of primary amides is 1. The van der Waals surface area contributed by atoms with Crippen molar-refractivity contribution in [1.82, 2.24) is 47.4 Å². The molecule has 20 N–H and O–H groups in total. The fourth-order valence-corrected chi connectivity index (χ4v) is 19.5. The smallest absolute Gasteiger partial charge is 0.330 e. The summed E-state index contributed by atoms with van der Waals surface area (Å²) in [6.07, 6.45) is -18.8. The molecular formula is C96H109ClN10O26. The van der Waals surface area contributed by atoms with Gasteiger partial charge in [-0.3, -0.25) is 38.5 Å². The van der Waals surface area contributed by atoms with E-state index in [1.54, 1.807) is 25.8 Å². The number of carbonyl (C=O) groups is 8. The Labute approximate surface area is 769 Å². The first kappa shape index (κ1) is 95.7. The molecule has 36 nitrogen and oxygen atoms in total. The van der Waals surface area contributed by atoms with Gasteiger partial charge >= 0.3 is 5.97 Å². The molecule has 17 rings (SSSR count). The number of aliphatic hydroxyl groups is 6. The zero-order valence-electron chi connectivity index (χ0n) is 73.6. The quantitative estimate of drug-likeness (QED) is 0.0391. The number of phenols is 3. The number of phenolic OH excluding ortho intramolecular Hbond substituents is 3. The van der Waals surface area contributed by atoms with E-state index in [4.69, 9.17) is 55.2 Å². The minimum absolute atomic E-state index is 0.0165. The molecule has 23 atom stereocenters. The molecule has 9 aliphatic rings. The van der Waals surface area contributed by atoms with Crippen LogP contribution in [0.2, 0.25) is 5.02 Å². The summed E-state index contributed by atoms with van der Waals surface area (Å²) >= 11 is 7.25. The number of carboxylic acid groups (broad SMARTS) is 1. The maximum absolute atomic E-state index is 16.1. The molecule has 706 valence electrons. The third kappa shape index (κ3) is 19.2. The molecule has 0 radical (unpaired) electrons. The second kappa shape index (κ2) is 39.3. The Kier molecular flexibility index (Phi) is 28.3. The van der Waals surface area contributed by atoms with E-state index in [2.05, 4.69) is 42.5 Å². The Bertz CT molecular complexity index is 5640. The third-order valence-corrected chi connectivity index (χ3v) is 27.2. The predicted octanol–water partition coefficient (Wildman–Crippen LogP) is 5.21. The van der Waals surface area contributed by atoms with Gasteiger partial charge in [-0.25, -0.2) is 4.79 Å². The molecule has 7 amide bonds. The number of aliphatic hydroxyl groups excluding tert-OH is 6. The molecule has 10 bridgehead atoms. The van der Waals surface area contributed by atoms with E-state index in [-0.39, 0.29) is 88.7 Å². The molecule has 2 aliphatic carbocycles. The number of aliphatic carboxylic acids is 1. The first-order valence-electron chi connectivity index (χ1n) is 43.8. The fraction of sp³-hybridized carbons (Fsp3) is 0.417. The predicted molar refractivity (Wildman–Crippen MR) is 475 cm³/mol. The summed E-state index contributed by atoms with van der Waals surface area (Å²) in [7, 11) is 1.69. The number of para-hydroxylation sites is 1. The van der Waals surface area contributed by atoms with Crippen molar-refractivity contribution in [2.24, 2.45) is 23.5 Å². The number of nitrogens with zero attached hydrogens (tertiary/aromatic N) is 1. The number of likely N-dealkylation sites (N-methyl/N-ethyl adjacent to an activating group) is 1. The van der Waals surface area contributed by atoms with Crippen LogP contribution in [-0.2, 0) is 81.7 Å². The summed E-state index contributed by atoms with van der Waals surface area (Å²) in [5.41, 5.74) is 1.67. The number of hydrogen-bond donors (Lipinski definition) is 19. The number of carboxylic acids is 1. The molecule has 3 saturated heterocycles. The van der Waals surface area contributed by atoms with Gasteiger partial charge < -0.3 is 137 Å². The van der Waals surface area contributed by atoms with Crippen LogP contribution in [0, 0.1) is 17.8 Å². The number of nitrogens with two attached hydrogens (primary N) is 1. The summed E-state index contributed by atoms with van der Waals surface area (Å²) in [6, 6.07) is 34.8. The summed E-state index contributed by atoms with van der Waals surface area (Å²) in [4.78, 5) is 121. The number of fused-ring (bicyclic) bond motifs is 8. The van der Waals surface area contributed by atoms with Crippen molar-refractivity contribution < 1.29 is 127 Å². The molecule has 8 aromatic rings. The minimum Gasteiger partial charge on any atom is -0.508 e. The van der Waals surface area contributed by atoms with Crippen LogP contribution < -0.4 is 62.5 Å². The molecule has 7 aliphatic heterocycles. The number of amides is 7. The van der Waals surface area contributed by atoms with Crippen LogP contribution >= 0.6 is 11.6 Å². The van der Waals surface area contributed by atoms with Crippen LogP contribution in [0.5, 0.6) is 46.0 Å². The number of carbonyl (C=O) groups excluding carboxylic acids is 7. The second-order valence-electron chi connectivity index (χ2n) is 35.7. The number of aromatic hydroxyl groups is 3. The van der Waals surface area contributed by atoms with Crippen LogP contribution in [0.3, 0.4) is 0 Å². The number of hydrogen-bond acceptors (Lipinski definition) is 28. The molecular weight excluding hydrogens is 1740 g/mol. The SMILES string of the molecule is CC(C)CC(C(=O)NC1C(=O)NC(CC(N)=O)C(=O)NCC(=O)NC2C(=O)NC(C(=O)NC(C(=O)O)c3cc(O)cc(O)c3-c3cc2ccc3O)C(OC2CC3(NCc4ccccc4)C(O)C(C)C3(C)O2)c2ccc(cc2)Oc2cccc(c2OC2OC(CO)C(O)C(O)C2OC2CC3(NCc4ccccc4)C(O)C(C)C3(C)O2)Oc2ccc(cc2Cl)C1O)N(C)Cc1ccccc1. The Morgan fingerprint density at radius 1 is 0.632 bits per heavy atom. The topological polar surface area (TPSA) is 538 Å². The molecule has 7 heterocycles. The average molecular weight is 1850 g/mol. The molecule has 37 heteroatoms. The Balaban J connectivity index is 0.870. The van der Waals surface area contributed by atoms with Crippen molar-refractivity contribution in [1.29, 1.82) is 0 Å². The van der Waals surface area contributed by atoms with Gasteiger partial charge in [0.15, 0.2) is 36.2 Å². The lowest BCUT2D eigenvalue weighted by molar-refractivity contribution is -0.324. The van der Waals surface area contributed by atoms with Gasteiger partial charge in [0.1, 0.15) is 83.4 Å². The van der Waals surface area contributed by atoms with Crippen LogP contribution in [-0.4, -0.2) is 225 Å². The number of halogens is 1. The molecule has 8 aromatic carbocycles. The highest BCUT2D eigenvalue weighted by Gasteiger charge is 2.75. The van der Waals surface area contributed by atoms with Crippen molar-refractivity contribution in [3.05, 3.63) is 226 Å². The number of rotatable bonds is 23. The van der Waals surface area contributed by atoms with Crippen molar-refractivity contribution in [2.45, 2.75) is 213 Å². The van der Waals surface area contributed by atoms with Gasteiger partial charge in [0.05, 0.1) is 65.1 Å². The molecule has 0 aromatic heterocycles. The second-order valence-corrected chi connectivity index (χ2v) is 36.1. The van der Waals surface area contributed by atoms with E-state index >= 15 is 19.2 Å². The average Bonchev–Trinajstić information content (AvgIpc) is 1.53. The standard InChI is InChI=1S/C96H109ClN10O26/c1-47(2)34-62(107(7)45-52-22-15-10-16-23-52)87(120)105-76-78(114)55-29-33-65(60(97)36-55)127-67-25-17-24-66(82(67)131-92-83(80(116)79(115)68(46-108)128-92)130-72-41-96(85(118)49(4)94(96,6)133-72)101-43-51-20-13-9-14-21-51)126-57-30-26-53(27-31-57)81(129-71-40-95(84(117)48(3)93(95,5)132-71)100-42-50-18-11-8-12-19-50)77-90(123)104-75(91(124)125)59-37-56(109)38-64(111)73(59)58-35-54(28-32-63(58)110)74(88(121)106-77)103-70(113)44-99-86(119)61(39-69(98)112)102-89(76)122/h8-33,35-38,47-49,61-62,68,71-72,74-81,83-85,92,100-101,108-111,114-118H,34,39-46H2,1-7H3,(H2,98,112)(H,99,119)(H,102,122)(H,103,113)(H,104,123)(H,105,120)(H,106,121)(H,124,125). The molecule has 133 heavy (non-hydrogen) atoms. The Morgan fingerprint density at radius 3 is 1.80 bits per heavy atom. The zero-order chi connectivity index (χ0) is 95.0. The van der Waals surface area contributed by atoms with E-state index < -0.39 is 239 Å². The fourth-order valence-electron chi connectivity index (χ4n) is 19.3. The van der Waals surface area contributed by atoms with Crippen LogP contribution in [0.15, 0.2) is 182 Å². The van der Waals surface area contributed by atoms with E-state index in [1.807, 2.05) is 119 Å². The van der Waals surface area contributed by atoms with Gasteiger partial charge in [0.25, 0.3) is 0 Å². The highest BCUT2D eigenvalue weighted by Crippen LogP contribution is 2.60. The molecule has 5 fully saturated rings. The summed E-state index contributed by atoms with van der Waals surface area (Å²) in [5, 5.41) is 140. The third-order valence-electron chi connectivity index (χ3n) is 26.9. The van der Waals surface area contributed by atoms with Gasteiger partial charge in [0.2, 0.25) is 53.4 Å². The Hall–Kier alpha value is -12.0. The molecule has 23 unspecified atom stereocenters. The van der Waals surface area contributed by atoms with Crippen LogP contribution in [0.25, 0.3) is 11.1 Å².